The summed E-state index contributed by atoms with van der Waals surface area (Å²) in [6, 6.07) is 2.08. The highest BCUT2D eigenvalue weighted by Gasteiger charge is 2.20. The van der Waals surface area contributed by atoms with Crippen molar-refractivity contribution in [1.29, 1.82) is 0 Å². The molecule has 0 unspecified atom stereocenters. The fraction of sp³-hybridized carbons (Fsp3) is 0.562. The Morgan fingerprint density at radius 3 is 2.82 bits per heavy atom. The first-order valence-electron chi connectivity index (χ1n) is 7.89. The zero-order chi connectivity index (χ0) is 15.4. The second kappa shape index (κ2) is 6.87. The van der Waals surface area contributed by atoms with Crippen LogP contribution < -0.4 is 4.90 Å². The molecule has 0 aromatic carbocycles. The smallest absolute Gasteiger partial charge is 0.224 e. The summed E-state index contributed by atoms with van der Waals surface area (Å²) >= 11 is 0. The van der Waals surface area contributed by atoms with Gasteiger partial charge in [0.1, 0.15) is 0 Å². The summed E-state index contributed by atoms with van der Waals surface area (Å²) in [4.78, 5) is 13.2. The van der Waals surface area contributed by atoms with Gasteiger partial charge in [-0.05, 0) is 37.8 Å². The molecule has 3 rings (SSSR count). The van der Waals surface area contributed by atoms with E-state index in [-0.39, 0.29) is 0 Å². The van der Waals surface area contributed by atoms with Crippen LogP contribution in [0.15, 0.2) is 24.7 Å². The zero-order valence-electron chi connectivity index (χ0n) is 13.4. The molecule has 1 aliphatic rings. The van der Waals surface area contributed by atoms with Crippen molar-refractivity contribution in [1.82, 2.24) is 25.1 Å². The topological polar surface area (TPSA) is 60.9 Å². The molecule has 2 aromatic heterocycles. The molecule has 0 spiro atoms. The second-order valence-corrected chi connectivity index (χ2v) is 6.32. The van der Waals surface area contributed by atoms with E-state index in [0.717, 1.165) is 32.0 Å². The van der Waals surface area contributed by atoms with Crippen LogP contribution in [0.5, 0.6) is 0 Å². The van der Waals surface area contributed by atoms with Crippen molar-refractivity contribution < 1.29 is 0 Å². The highest BCUT2D eigenvalue weighted by molar-refractivity contribution is 5.26. The molecule has 1 saturated heterocycles. The molecule has 0 bridgehead atoms. The highest BCUT2D eigenvalue weighted by Crippen LogP contribution is 2.21. The van der Waals surface area contributed by atoms with Crippen LogP contribution in [0.2, 0.25) is 0 Å². The average molecular weight is 300 g/mol. The third-order valence-electron chi connectivity index (χ3n) is 4.17. The standard InChI is InChI=1S/C16H24N6/c1-21(2)16-17-9-14(10-18-16)12-22-7-3-4-13(11-22)8-15-5-6-19-20-15/h5-6,9-10,13H,3-4,7-8,11-12H2,1-2H3,(H,19,20)/t13-/m1/s1. The van der Waals surface area contributed by atoms with E-state index in [1.54, 1.807) is 0 Å². The fourth-order valence-corrected chi connectivity index (χ4v) is 3.09. The number of anilines is 1. The maximum absolute atomic E-state index is 4.40. The number of hydrogen-bond acceptors (Lipinski definition) is 5. The van der Waals surface area contributed by atoms with E-state index in [1.165, 1.54) is 24.1 Å². The van der Waals surface area contributed by atoms with Crippen molar-refractivity contribution in [3.8, 4) is 0 Å². The third kappa shape index (κ3) is 3.82. The Labute approximate surface area is 131 Å². The summed E-state index contributed by atoms with van der Waals surface area (Å²) in [5.41, 5.74) is 2.43. The maximum Gasteiger partial charge on any atom is 0.224 e. The summed E-state index contributed by atoms with van der Waals surface area (Å²) in [6.07, 6.45) is 9.37. The molecule has 0 saturated carbocycles. The fourth-order valence-electron chi connectivity index (χ4n) is 3.09. The Morgan fingerprint density at radius 2 is 2.14 bits per heavy atom. The van der Waals surface area contributed by atoms with Gasteiger partial charge in [-0.3, -0.25) is 10.00 Å². The molecule has 6 heteroatoms. The first-order valence-corrected chi connectivity index (χ1v) is 7.89. The summed E-state index contributed by atoms with van der Waals surface area (Å²) in [5.74, 6) is 1.47. The van der Waals surface area contributed by atoms with Crippen LogP contribution >= 0.6 is 0 Å². The number of H-pyrrole nitrogens is 1. The number of piperidine rings is 1. The Kier molecular flexibility index (Phi) is 4.68. The number of hydrogen-bond donors (Lipinski definition) is 1. The normalized spacial score (nSPS) is 19.3. The molecule has 0 radical (unpaired) electrons. The Balaban J connectivity index is 1.55. The second-order valence-electron chi connectivity index (χ2n) is 6.32. The molecule has 22 heavy (non-hydrogen) atoms. The van der Waals surface area contributed by atoms with Crippen LogP contribution in [0.4, 0.5) is 5.95 Å². The van der Waals surface area contributed by atoms with Crippen LogP contribution in [-0.4, -0.2) is 52.3 Å². The van der Waals surface area contributed by atoms with Gasteiger partial charge in [0.15, 0.2) is 0 Å². The minimum absolute atomic E-state index is 0.705. The molecule has 3 heterocycles. The van der Waals surface area contributed by atoms with Gasteiger partial charge in [-0.15, -0.1) is 0 Å². The van der Waals surface area contributed by atoms with Crippen LogP contribution in [0.25, 0.3) is 0 Å². The van der Waals surface area contributed by atoms with Crippen LogP contribution in [0.3, 0.4) is 0 Å². The Morgan fingerprint density at radius 1 is 1.32 bits per heavy atom. The number of rotatable bonds is 5. The monoisotopic (exact) mass is 300 g/mol. The SMILES string of the molecule is CN(C)c1ncc(CN2CCC[C@H](Cc3ccn[nH]3)C2)cn1. The predicted molar refractivity (Wildman–Crippen MR) is 86.7 cm³/mol. The van der Waals surface area contributed by atoms with Gasteiger partial charge in [0.05, 0.1) is 0 Å². The molecule has 1 atom stereocenters. The van der Waals surface area contributed by atoms with E-state index in [1.807, 2.05) is 37.6 Å². The van der Waals surface area contributed by atoms with E-state index in [2.05, 4.69) is 31.1 Å². The largest absolute Gasteiger partial charge is 0.347 e. The third-order valence-corrected chi connectivity index (χ3v) is 4.17. The average Bonchev–Trinajstić information content (AvgIpc) is 3.01. The Bertz CT molecular complexity index is 563. The van der Waals surface area contributed by atoms with Crippen LogP contribution in [-0.2, 0) is 13.0 Å². The number of nitrogens with one attached hydrogen (secondary N) is 1. The summed E-state index contributed by atoms with van der Waals surface area (Å²) in [5, 5.41) is 7.11. The van der Waals surface area contributed by atoms with Crippen LogP contribution in [0.1, 0.15) is 24.1 Å². The predicted octanol–water partition coefficient (Wildman–Crippen LogP) is 1.72. The summed E-state index contributed by atoms with van der Waals surface area (Å²) in [7, 11) is 3.92. The molecular formula is C16H24N6. The lowest BCUT2D eigenvalue weighted by atomic mass is 9.93. The van der Waals surface area contributed by atoms with Gasteiger partial charge in [-0.2, -0.15) is 5.10 Å². The lowest BCUT2D eigenvalue weighted by Gasteiger charge is -2.32. The molecule has 118 valence electrons. The van der Waals surface area contributed by atoms with Crippen molar-refractivity contribution >= 4 is 5.95 Å². The molecule has 0 aliphatic carbocycles. The molecule has 6 nitrogen and oxygen atoms in total. The molecule has 1 N–H and O–H groups in total. The van der Waals surface area contributed by atoms with Crippen molar-refractivity contribution in [3.63, 3.8) is 0 Å². The number of aromatic nitrogens is 4. The highest BCUT2D eigenvalue weighted by atomic mass is 15.2. The van der Waals surface area contributed by atoms with E-state index < -0.39 is 0 Å². The van der Waals surface area contributed by atoms with Gasteiger partial charge in [0.25, 0.3) is 0 Å². The Hall–Kier alpha value is -1.95. The number of nitrogens with zero attached hydrogens (tertiary/aromatic N) is 5. The van der Waals surface area contributed by atoms with Gasteiger partial charge >= 0.3 is 0 Å². The minimum atomic E-state index is 0.705. The lowest BCUT2D eigenvalue weighted by molar-refractivity contribution is 0.166. The van der Waals surface area contributed by atoms with E-state index in [4.69, 9.17) is 0 Å². The molecular weight excluding hydrogens is 276 g/mol. The number of likely N-dealkylation sites (tertiary alicyclic amines) is 1. The van der Waals surface area contributed by atoms with Gasteiger partial charge < -0.3 is 4.90 Å². The lowest BCUT2D eigenvalue weighted by Crippen LogP contribution is -2.35. The van der Waals surface area contributed by atoms with E-state index >= 15 is 0 Å². The molecule has 1 fully saturated rings. The summed E-state index contributed by atoms with van der Waals surface area (Å²) < 4.78 is 0. The molecule has 1 aliphatic heterocycles. The molecule has 2 aromatic rings. The zero-order valence-corrected chi connectivity index (χ0v) is 13.4. The van der Waals surface area contributed by atoms with E-state index in [9.17, 15) is 0 Å². The van der Waals surface area contributed by atoms with Gasteiger partial charge in [0, 0.05) is 57.0 Å². The maximum atomic E-state index is 4.40. The summed E-state index contributed by atoms with van der Waals surface area (Å²) in [6.45, 7) is 3.23. The van der Waals surface area contributed by atoms with Crippen molar-refractivity contribution in [2.75, 3.05) is 32.1 Å². The minimum Gasteiger partial charge on any atom is -0.347 e. The number of aromatic amines is 1. The molecule has 0 amide bonds. The van der Waals surface area contributed by atoms with Crippen molar-refractivity contribution in [3.05, 3.63) is 35.9 Å². The first-order chi connectivity index (χ1) is 10.7. The van der Waals surface area contributed by atoms with Crippen molar-refractivity contribution in [2.45, 2.75) is 25.8 Å². The van der Waals surface area contributed by atoms with Crippen molar-refractivity contribution in [2.24, 2.45) is 5.92 Å². The van der Waals surface area contributed by atoms with Gasteiger partial charge in [0.2, 0.25) is 5.95 Å². The quantitative estimate of drug-likeness (QED) is 0.911. The van der Waals surface area contributed by atoms with Crippen LogP contribution in [0, 0.1) is 5.92 Å². The van der Waals surface area contributed by atoms with Gasteiger partial charge in [-0.25, -0.2) is 9.97 Å². The van der Waals surface area contributed by atoms with Gasteiger partial charge in [-0.1, -0.05) is 0 Å². The first kappa shape index (κ1) is 15.0. The van der Waals surface area contributed by atoms with E-state index in [0.29, 0.717) is 5.92 Å².